The molecule has 2 N–H and O–H groups in total. The zero-order valence-electron chi connectivity index (χ0n) is 15.9. The van der Waals surface area contributed by atoms with E-state index in [9.17, 15) is 17.6 Å². The van der Waals surface area contributed by atoms with Crippen molar-refractivity contribution >= 4 is 27.8 Å². The van der Waals surface area contributed by atoms with Crippen LogP contribution in [-0.4, -0.2) is 27.6 Å². The summed E-state index contributed by atoms with van der Waals surface area (Å²) in [6.07, 6.45) is 1.28. The molecule has 9 heteroatoms. The number of ether oxygens (including phenoxy) is 1. The minimum absolute atomic E-state index is 0.0833. The average Bonchev–Trinajstić information content (AvgIpc) is 2.74. The third kappa shape index (κ3) is 5.42. The third-order valence-corrected chi connectivity index (χ3v) is 5.36. The van der Waals surface area contributed by atoms with Crippen LogP contribution in [0.3, 0.4) is 0 Å². The molecule has 0 aliphatic heterocycles. The van der Waals surface area contributed by atoms with E-state index in [1.165, 1.54) is 55.8 Å². The smallest absolute Gasteiger partial charge is 0.271 e. The van der Waals surface area contributed by atoms with Crippen LogP contribution in [0.1, 0.15) is 15.9 Å². The van der Waals surface area contributed by atoms with Gasteiger partial charge >= 0.3 is 0 Å². The van der Waals surface area contributed by atoms with E-state index in [1.807, 2.05) is 0 Å². The largest absolute Gasteiger partial charge is 0.497 e. The molecule has 3 aromatic rings. The quantitative estimate of drug-likeness (QED) is 0.446. The van der Waals surface area contributed by atoms with Crippen molar-refractivity contribution in [3.63, 3.8) is 0 Å². The van der Waals surface area contributed by atoms with Crippen LogP contribution >= 0.6 is 0 Å². The van der Waals surface area contributed by atoms with Gasteiger partial charge in [0.1, 0.15) is 11.6 Å². The van der Waals surface area contributed by atoms with Gasteiger partial charge in [0.05, 0.1) is 18.2 Å². The summed E-state index contributed by atoms with van der Waals surface area (Å²) in [5.74, 6) is -0.438. The number of hydrazone groups is 1. The molecule has 154 valence electrons. The summed E-state index contributed by atoms with van der Waals surface area (Å²) in [6, 6.07) is 17.6. The molecule has 0 atom stereocenters. The van der Waals surface area contributed by atoms with Crippen LogP contribution in [-0.2, 0) is 10.0 Å². The summed E-state index contributed by atoms with van der Waals surface area (Å²) in [5.41, 5.74) is 3.21. The van der Waals surface area contributed by atoms with E-state index in [0.717, 1.165) is 0 Å². The number of hydrogen-bond acceptors (Lipinski definition) is 5. The van der Waals surface area contributed by atoms with E-state index in [-0.39, 0.29) is 10.5 Å². The summed E-state index contributed by atoms with van der Waals surface area (Å²) >= 11 is 0. The van der Waals surface area contributed by atoms with Crippen LogP contribution < -0.4 is 14.9 Å². The Morgan fingerprint density at radius 2 is 1.77 bits per heavy atom. The van der Waals surface area contributed by atoms with Gasteiger partial charge in [-0.1, -0.05) is 18.2 Å². The zero-order chi connectivity index (χ0) is 21.6. The highest BCUT2D eigenvalue weighted by Gasteiger charge is 2.16. The van der Waals surface area contributed by atoms with Crippen LogP contribution in [0.25, 0.3) is 0 Å². The predicted octanol–water partition coefficient (Wildman–Crippen LogP) is 3.40. The van der Waals surface area contributed by atoms with E-state index < -0.39 is 21.7 Å². The summed E-state index contributed by atoms with van der Waals surface area (Å²) in [5, 5.41) is 3.77. The fourth-order valence-corrected chi connectivity index (χ4v) is 3.60. The molecule has 0 aliphatic rings. The summed E-state index contributed by atoms with van der Waals surface area (Å²) in [7, 11) is -2.40. The molecule has 3 rings (SSSR count). The monoisotopic (exact) mass is 427 g/mol. The van der Waals surface area contributed by atoms with Gasteiger partial charge in [0.25, 0.3) is 15.9 Å². The van der Waals surface area contributed by atoms with Gasteiger partial charge in [0.15, 0.2) is 0 Å². The van der Waals surface area contributed by atoms with Crippen LogP contribution in [0, 0.1) is 5.82 Å². The number of hydrogen-bond donors (Lipinski definition) is 2. The summed E-state index contributed by atoms with van der Waals surface area (Å²) in [4.78, 5) is 12.2. The lowest BCUT2D eigenvalue weighted by Crippen LogP contribution is -2.19. The zero-order valence-corrected chi connectivity index (χ0v) is 16.7. The molecule has 0 unspecified atom stereocenters. The first kappa shape index (κ1) is 21.0. The Kier molecular flexibility index (Phi) is 6.43. The van der Waals surface area contributed by atoms with Gasteiger partial charge in [-0.3, -0.25) is 9.52 Å². The molecule has 0 heterocycles. The van der Waals surface area contributed by atoms with Gasteiger partial charge in [0, 0.05) is 11.3 Å². The second-order valence-corrected chi connectivity index (χ2v) is 7.80. The van der Waals surface area contributed by atoms with Crippen molar-refractivity contribution in [2.24, 2.45) is 5.10 Å². The van der Waals surface area contributed by atoms with E-state index in [1.54, 1.807) is 30.3 Å². The molecule has 3 aromatic carbocycles. The maximum Gasteiger partial charge on any atom is 0.271 e. The Balaban J connectivity index is 1.71. The standard InChI is InChI=1S/C21H18FN3O4S/c1-29-19-10-8-18(9-11-19)25-30(27,28)20-7-3-5-16(13-20)21(26)24-23-14-15-4-2-6-17(22)12-15/h2-14,25H,1H3,(H,24,26)/b23-14-. The Bertz CT molecular complexity index is 1180. The highest BCUT2D eigenvalue weighted by molar-refractivity contribution is 7.92. The predicted molar refractivity (Wildman–Crippen MR) is 112 cm³/mol. The minimum atomic E-state index is -3.91. The van der Waals surface area contributed by atoms with Crippen molar-refractivity contribution in [1.82, 2.24) is 5.43 Å². The van der Waals surface area contributed by atoms with E-state index in [0.29, 0.717) is 17.0 Å². The molecular weight excluding hydrogens is 409 g/mol. The van der Waals surface area contributed by atoms with Crippen LogP contribution in [0.2, 0.25) is 0 Å². The van der Waals surface area contributed by atoms with Crippen molar-refractivity contribution < 1.29 is 22.3 Å². The number of carbonyl (C=O) groups is 1. The lowest BCUT2D eigenvalue weighted by atomic mass is 10.2. The number of nitrogens with zero attached hydrogens (tertiary/aromatic N) is 1. The Hall–Kier alpha value is -3.72. The number of methoxy groups -OCH3 is 1. The lowest BCUT2D eigenvalue weighted by Gasteiger charge is -2.09. The van der Waals surface area contributed by atoms with Crippen molar-refractivity contribution in [1.29, 1.82) is 0 Å². The minimum Gasteiger partial charge on any atom is -0.497 e. The van der Waals surface area contributed by atoms with Crippen molar-refractivity contribution in [2.75, 3.05) is 11.8 Å². The van der Waals surface area contributed by atoms with Gasteiger partial charge in [-0.25, -0.2) is 18.2 Å². The van der Waals surface area contributed by atoms with E-state index in [4.69, 9.17) is 4.74 Å². The second-order valence-electron chi connectivity index (χ2n) is 6.12. The number of rotatable bonds is 7. The Morgan fingerprint density at radius 1 is 1.03 bits per heavy atom. The molecule has 1 amide bonds. The molecule has 0 aliphatic carbocycles. The number of halogens is 1. The molecule has 0 radical (unpaired) electrons. The highest BCUT2D eigenvalue weighted by atomic mass is 32.2. The fourth-order valence-electron chi connectivity index (χ4n) is 2.49. The number of amides is 1. The van der Waals surface area contributed by atoms with Gasteiger partial charge < -0.3 is 4.74 Å². The topological polar surface area (TPSA) is 96.9 Å². The Labute approximate surface area is 173 Å². The number of sulfonamides is 1. The van der Waals surface area contributed by atoms with Gasteiger partial charge in [-0.15, -0.1) is 0 Å². The molecule has 0 saturated heterocycles. The first-order chi connectivity index (χ1) is 14.4. The molecule has 0 spiro atoms. The fraction of sp³-hybridized carbons (Fsp3) is 0.0476. The molecule has 30 heavy (non-hydrogen) atoms. The van der Waals surface area contributed by atoms with Gasteiger partial charge in [-0.05, 0) is 60.2 Å². The van der Waals surface area contributed by atoms with Crippen molar-refractivity contribution in [2.45, 2.75) is 4.90 Å². The number of nitrogens with one attached hydrogen (secondary N) is 2. The maximum absolute atomic E-state index is 13.2. The maximum atomic E-state index is 13.2. The second kappa shape index (κ2) is 9.19. The lowest BCUT2D eigenvalue weighted by molar-refractivity contribution is 0.0955. The number of carbonyl (C=O) groups excluding carboxylic acids is 1. The van der Waals surface area contributed by atoms with Gasteiger partial charge in [-0.2, -0.15) is 5.10 Å². The molecule has 0 saturated carbocycles. The summed E-state index contributed by atoms with van der Waals surface area (Å²) < 4.78 is 45.9. The molecule has 0 bridgehead atoms. The highest BCUT2D eigenvalue weighted by Crippen LogP contribution is 2.20. The molecule has 0 fully saturated rings. The number of anilines is 1. The molecule has 0 aromatic heterocycles. The molecule has 7 nitrogen and oxygen atoms in total. The van der Waals surface area contributed by atoms with Crippen LogP contribution in [0.5, 0.6) is 5.75 Å². The third-order valence-electron chi connectivity index (χ3n) is 3.98. The first-order valence-electron chi connectivity index (χ1n) is 8.73. The summed E-state index contributed by atoms with van der Waals surface area (Å²) in [6.45, 7) is 0. The average molecular weight is 427 g/mol. The van der Waals surface area contributed by atoms with Crippen LogP contribution in [0.15, 0.2) is 82.8 Å². The van der Waals surface area contributed by atoms with Crippen molar-refractivity contribution in [3.05, 3.63) is 89.7 Å². The van der Waals surface area contributed by atoms with Crippen LogP contribution in [0.4, 0.5) is 10.1 Å². The molecular formula is C21H18FN3O4S. The number of benzene rings is 3. The van der Waals surface area contributed by atoms with Crippen molar-refractivity contribution in [3.8, 4) is 5.75 Å². The van der Waals surface area contributed by atoms with Gasteiger partial charge in [0.2, 0.25) is 0 Å². The SMILES string of the molecule is COc1ccc(NS(=O)(=O)c2cccc(C(=O)N/N=C\c3cccc(F)c3)c2)cc1. The normalized spacial score (nSPS) is 11.3. The Morgan fingerprint density at radius 3 is 2.47 bits per heavy atom. The first-order valence-corrected chi connectivity index (χ1v) is 10.2. The van der Waals surface area contributed by atoms with E-state index in [2.05, 4.69) is 15.2 Å². The van der Waals surface area contributed by atoms with E-state index >= 15 is 0 Å².